The van der Waals surface area contributed by atoms with Crippen molar-refractivity contribution in [1.82, 2.24) is 19.3 Å². The van der Waals surface area contributed by atoms with Gasteiger partial charge in [0.25, 0.3) is 0 Å². The molecule has 5 nitrogen and oxygen atoms in total. The zero-order valence-corrected chi connectivity index (χ0v) is 11.6. The van der Waals surface area contributed by atoms with Crippen LogP contribution < -0.4 is 0 Å². The molecule has 0 saturated heterocycles. The SMILES string of the molecule is CCn1c(CC(=O)c2ccn(C)n2)nc2ccccc21. The Morgan fingerprint density at radius 2 is 2.05 bits per heavy atom. The monoisotopic (exact) mass is 268 g/mol. The highest BCUT2D eigenvalue weighted by Gasteiger charge is 2.15. The molecule has 2 heterocycles. The molecular weight excluding hydrogens is 252 g/mol. The summed E-state index contributed by atoms with van der Waals surface area (Å²) >= 11 is 0. The zero-order chi connectivity index (χ0) is 14.1. The molecule has 2 aromatic heterocycles. The Morgan fingerprint density at radius 3 is 2.75 bits per heavy atom. The van der Waals surface area contributed by atoms with Gasteiger partial charge in [0.1, 0.15) is 11.5 Å². The summed E-state index contributed by atoms with van der Waals surface area (Å²) in [5, 5.41) is 4.15. The number of para-hydroxylation sites is 2. The molecule has 20 heavy (non-hydrogen) atoms. The minimum Gasteiger partial charge on any atom is -0.328 e. The zero-order valence-electron chi connectivity index (χ0n) is 11.6. The van der Waals surface area contributed by atoms with E-state index < -0.39 is 0 Å². The van der Waals surface area contributed by atoms with Crippen LogP contribution in [0, 0.1) is 0 Å². The van der Waals surface area contributed by atoms with E-state index in [0.29, 0.717) is 5.69 Å². The molecule has 5 heteroatoms. The lowest BCUT2D eigenvalue weighted by Gasteiger charge is -2.04. The number of carbonyl (C=O) groups is 1. The van der Waals surface area contributed by atoms with E-state index in [9.17, 15) is 4.79 Å². The Kier molecular flexibility index (Phi) is 3.10. The largest absolute Gasteiger partial charge is 0.328 e. The molecule has 0 atom stereocenters. The third kappa shape index (κ3) is 2.11. The second-order valence-electron chi connectivity index (χ2n) is 4.74. The van der Waals surface area contributed by atoms with E-state index in [1.807, 2.05) is 24.3 Å². The summed E-state index contributed by atoms with van der Waals surface area (Å²) in [5.41, 5.74) is 2.49. The third-order valence-electron chi connectivity index (χ3n) is 3.37. The molecule has 0 bridgehead atoms. The van der Waals surface area contributed by atoms with Gasteiger partial charge in [-0.15, -0.1) is 0 Å². The van der Waals surface area contributed by atoms with Crippen molar-refractivity contribution in [2.75, 3.05) is 0 Å². The summed E-state index contributed by atoms with van der Waals surface area (Å²) in [6, 6.07) is 9.68. The van der Waals surface area contributed by atoms with Crippen LogP contribution in [0.15, 0.2) is 36.5 Å². The van der Waals surface area contributed by atoms with E-state index in [-0.39, 0.29) is 12.2 Å². The fraction of sp³-hybridized carbons (Fsp3) is 0.267. The van der Waals surface area contributed by atoms with Crippen molar-refractivity contribution in [3.05, 3.63) is 48.0 Å². The van der Waals surface area contributed by atoms with Crippen molar-refractivity contribution in [2.24, 2.45) is 7.05 Å². The van der Waals surface area contributed by atoms with Gasteiger partial charge in [0, 0.05) is 19.8 Å². The van der Waals surface area contributed by atoms with Crippen LogP contribution in [0.5, 0.6) is 0 Å². The smallest absolute Gasteiger partial charge is 0.190 e. The van der Waals surface area contributed by atoms with Crippen LogP contribution in [0.2, 0.25) is 0 Å². The Hall–Kier alpha value is -2.43. The fourth-order valence-corrected chi connectivity index (χ4v) is 2.41. The molecule has 1 aromatic carbocycles. The molecule has 0 spiro atoms. The Balaban J connectivity index is 1.96. The molecule has 0 aliphatic carbocycles. The first-order chi connectivity index (χ1) is 9.69. The minimum atomic E-state index is -0.00407. The second-order valence-corrected chi connectivity index (χ2v) is 4.74. The summed E-state index contributed by atoms with van der Waals surface area (Å²) in [6.07, 6.45) is 2.05. The molecule has 0 fully saturated rings. The van der Waals surface area contributed by atoms with Crippen molar-refractivity contribution in [3.8, 4) is 0 Å². The standard InChI is InChI=1S/C15H16N4O/c1-3-19-13-7-5-4-6-11(13)16-15(19)10-14(20)12-8-9-18(2)17-12/h4-9H,3,10H2,1-2H3. The van der Waals surface area contributed by atoms with Crippen LogP contribution in [-0.2, 0) is 20.0 Å². The summed E-state index contributed by atoms with van der Waals surface area (Å²) in [5.74, 6) is 0.792. The maximum Gasteiger partial charge on any atom is 0.190 e. The molecule has 102 valence electrons. The van der Waals surface area contributed by atoms with E-state index in [1.54, 1.807) is 24.0 Å². The third-order valence-corrected chi connectivity index (χ3v) is 3.37. The van der Waals surface area contributed by atoms with Gasteiger partial charge in [0.2, 0.25) is 0 Å². The van der Waals surface area contributed by atoms with Gasteiger partial charge in [-0.3, -0.25) is 9.48 Å². The predicted molar refractivity (Wildman–Crippen MR) is 76.6 cm³/mol. The highest BCUT2D eigenvalue weighted by molar-refractivity contribution is 5.95. The van der Waals surface area contributed by atoms with Crippen molar-refractivity contribution in [3.63, 3.8) is 0 Å². The Bertz CT molecular complexity index is 769. The number of nitrogens with zero attached hydrogens (tertiary/aromatic N) is 4. The van der Waals surface area contributed by atoms with E-state index in [0.717, 1.165) is 23.4 Å². The van der Waals surface area contributed by atoms with Gasteiger partial charge in [-0.2, -0.15) is 5.10 Å². The molecule has 0 saturated carbocycles. The number of aromatic nitrogens is 4. The molecular formula is C15H16N4O. The first-order valence-corrected chi connectivity index (χ1v) is 6.66. The van der Waals surface area contributed by atoms with E-state index >= 15 is 0 Å². The lowest BCUT2D eigenvalue weighted by atomic mass is 10.2. The van der Waals surface area contributed by atoms with Gasteiger partial charge in [-0.05, 0) is 25.1 Å². The van der Waals surface area contributed by atoms with Gasteiger partial charge < -0.3 is 4.57 Å². The molecule has 0 aliphatic heterocycles. The summed E-state index contributed by atoms with van der Waals surface area (Å²) in [4.78, 5) is 16.8. The quantitative estimate of drug-likeness (QED) is 0.682. The van der Waals surface area contributed by atoms with Gasteiger partial charge in [-0.1, -0.05) is 12.1 Å². The molecule has 0 N–H and O–H groups in total. The number of fused-ring (bicyclic) bond motifs is 1. The summed E-state index contributed by atoms with van der Waals surface area (Å²) in [6.45, 7) is 2.86. The first kappa shape index (κ1) is 12.6. The van der Waals surface area contributed by atoms with Gasteiger partial charge in [0.05, 0.1) is 17.5 Å². The minimum absolute atomic E-state index is 0.00407. The molecule has 0 aliphatic rings. The molecule has 0 unspecified atom stereocenters. The van der Waals surface area contributed by atoms with Crippen LogP contribution in [0.3, 0.4) is 0 Å². The molecule has 3 rings (SSSR count). The van der Waals surface area contributed by atoms with Gasteiger partial charge in [-0.25, -0.2) is 4.98 Å². The van der Waals surface area contributed by atoms with Gasteiger partial charge >= 0.3 is 0 Å². The highest BCUT2D eigenvalue weighted by Crippen LogP contribution is 2.17. The number of hydrogen-bond donors (Lipinski definition) is 0. The fourth-order valence-electron chi connectivity index (χ4n) is 2.41. The number of aryl methyl sites for hydroxylation is 2. The lowest BCUT2D eigenvalue weighted by molar-refractivity contribution is 0.0984. The predicted octanol–water partition coefficient (Wildman–Crippen LogP) is 2.22. The molecule has 0 radical (unpaired) electrons. The molecule has 3 aromatic rings. The van der Waals surface area contributed by atoms with Crippen molar-refractivity contribution >= 4 is 16.8 Å². The maximum absolute atomic E-state index is 12.2. The maximum atomic E-state index is 12.2. The number of imidazole rings is 1. The number of benzene rings is 1. The van der Waals surface area contributed by atoms with Crippen LogP contribution in [-0.4, -0.2) is 25.1 Å². The number of rotatable bonds is 4. The van der Waals surface area contributed by atoms with Crippen molar-refractivity contribution in [2.45, 2.75) is 19.9 Å². The Morgan fingerprint density at radius 1 is 1.25 bits per heavy atom. The number of hydrogen-bond acceptors (Lipinski definition) is 3. The first-order valence-electron chi connectivity index (χ1n) is 6.66. The number of Topliss-reactive ketones (excluding diaryl/α,β-unsaturated/α-hetero) is 1. The van der Waals surface area contributed by atoms with E-state index in [1.165, 1.54) is 0 Å². The van der Waals surface area contributed by atoms with Crippen LogP contribution >= 0.6 is 0 Å². The van der Waals surface area contributed by atoms with Crippen LogP contribution in [0.1, 0.15) is 23.2 Å². The second kappa shape index (κ2) is 4.92. The van der Waals surface area contributed by atoms with Crippen molar-refractivity contribution < 1.29 is 4.79 Å². The average Bonchev–Trinajstić information content (AvgIpc) is 3.01. The number of carbonyl (C=O) groups excluding carboxylic acids is 1. The normalized spacial score (nSPS) is 11.1. The van der Waals surface area contributed by atoms with E-state index in [2.05, 4.69) is 21.6 Å². The summed E-state index contributed by atoms with van der Waals surface area (Å²) < 4.78 is 3.71. The topological polar surface area (TPSA) is 52.7 Å². The lowest BCUT2D eigenvalue weighted by Crippen LogP contribution is -2.10. The molecule has 0 amide bonds. The van der Waals surface area contributed by atoms with E-state index in [4.69, 9.17) is 0 Å². The highest BCUT2D eigenvalue weighted by atomic mass is 16.1. The van der Waals surface area contributed by atoms with Gasteiger partial charge in [0.15, 0.2) is 5.78 Å². The van der Waals surface area contributed by atoms with Crippen LogP contribution in [0.25, 0.3) is 11.0 Å². The Labute approximate surface area is 116 Å². The number of ketones is 1. The average molecular weight is 268 g/mol. The summed E-state index contributed by atoms with van der Waals surface area (Å²) in [7, 11) is 1.80. The van der Waals surface area contributed by atoms with Crippen molar-refractivity contribution in [1.29, 1.82) is 0 Å². The van der Waals surface area contributed by atoms with Crippen LogP contribution in [0.4, 0.5) is 0 Å².